The van der Waals surface area contributed by atoms with E-state index < -0.39 is 0 Å². The number of halogens is 1. The molecule has 1 aromatic carbocycles. The Kier molecular flexibility index (Phi) is 3.05. The minimum Gasteiger partial charge on any atom is -0.492 e. The third-order valence-corrected chi connectivity index (χ3v) is 2.89. The van der Waals surface area contributed by atoms with Crippen molar-refractivity contribution in [1.82, 2.24) is 0 Å². The van der Waals surface area contributed by atoms with Gasteiger partial charge in [-0.1, -0.05) is 0 Å². The number of benzene rings is 1. The third-order valence-electron chi connectivity index (χ3n) is 2.30. The number of carbonyl (C=O) groups excluding carboxylic acids is 1. The number of methoxy groups -OCH3 is 1. The van der Waals surface area contributed by atoms with Crippen molar-refractivity contribution in [2.75, 3.05) is 20.3 Å². The van der Waals surface area contributed by atoms with Crippen molar-refractivity contribution in [3.8, 4) is 17.2 Å². The summed E-state index contributed by atoms with van der Waals surface area (Å²) in [6.45, 7) is 2.44. The highest BCUT2D eigenvalue weighted by atomic mass is 79.9. The monoisotopic (exact) mass is 286 g/mol. The van der Waals surface area contributed by atoms with Gasteiger partial charge in [-0.25, -0.2) is 0 Å². The number of carbonyl (C=O) groups is 1. The molecule has 0 fully saturated rings. The number of hydrogen-bond donors (Lipinski definition) is 0. The topological polar surface area (TPSA) is 44.8 Å². The molecule has 0 atom stereocenters. The molecule has 4 nitrogen and oxygen atoms in total. The van der Waals surface area contributed by atoms with E-state index in [1.807, 2.05) is 0 Å². The first-order valence-electron chi connectivity index (χ1n) is 4.82. The summed E-state index contributed by atoms with van der Waals surface area (Å²) in [5.74, 6) is 1.45. The Morgan fingerprint density at radius 1 is 1.38 bits per heavy atom. The summed E-state index contributed by atoms with van der Waals surface area (Å²) < 4.78 is 16.9. The number of ketones is 1. The number of ether oxygens (including phenoxy) is 3. The van der Waals surface area contributed by atoms with Crippen LogP contribution >= 0.6 is 15.9 Å². The fourth-order valence-corrected chi connectivity index (χ4v) is 2.13. The van der Waals surface area contributed by atoms with Gasteiger partial charge >= 0.3 is 0 Å². The van der Waals surface area contributed by atoms with Gasteiger partial charge in [0.2, 0.25) is 5.75 Å². The largest absolute Gasteiger partial charge is 0.492 e. The molecule has 86 valence electrons. The SMILES string of the molecule is COc1c(C(C)=O)cc(Br)c2c1OCCO2. The first kappa shape index (κ1) is 11.3. The molecule has 0 amide bonds. The molecule has 0 bridgehead atoms. The average molecular weight is 287 g/mol. The van der Waals surface area contributed by atoms with E-state index in [0.29, 0.717) is 40.5 Å². The molecule has 2 rings (SSSR count). The maximum atomic E-state index is 11.5. The zero-order valence-electron chi connectivity index (χ0n) is 9.00. The molecule has 1 aliphatic rings. The van der Waals surface area contributed by atoms with E-state index in [4.69, 9.17) is 14.2 Å². The van der Waals surface area contributed by atoms with E-state index in [0.717, 1.165) is 0 Å². The van der Waals surface area contributed by atoms with Gasteiger partial charge in [-0.05, 0) is 28.9 Å². The van der Waals surface area contributed by atoms with Crippen LogP contribution in [0.25, 0.3) is 0 Å². The fourth-order valence-electron chi connectivity index (χ4n) is 1.61. The minimum atomic E-state index is -0.0745. The summed E-state index contributed by atoms with van der Waals surface area (Å²) >= 11 is 3.35. The maximum Gasteiger partial charge on any atom is 0.205 e. The first-order chi connectivity index (χ1) is 7.65. The molecule has 0 spiro atoms. The zero-order chi connectivity index (χ0) is 11.7. The lowest BCUT2D eigenvalue weighted by Crippen LogP contribution is -2.17. The minimum absolute atomic E-state index is 0.0745. The molecular formula is C11H11BrO4. The molecule has 0 saturated carbocycles. The molecule has 5 heteroatoms. The van der Waals surface area contributed by atoms with Crippen molar-refractivity contribution in [1.29, 1.82) is 0 Å². The number of rotatable bonds is 2. The van der Waals surface area contributed by atoms with Gasteiger partial charge in [-0.3, -0.25) is 4.79 Å². The summed E-state index contributed by atoms with van der Waals surface area (Å²) in [5, 5.41) is 0. The Hall–Kier alpha value is -1.23. The third kappa shape index (κ3) is 1.75. The molecule has 16 heavy (non-hydrogen) atoms. The average Bonchev–Trinajstić information content (AvgIpc) is 2.29. The Balaban J connectivity index is 2.66. The fraction of sp³-hybridized carbons (Fsp3) is 0.364. The van der Waals surface area contributed by atoms with E-state index in [1.54, 1.807) is 6.07 Å². The van der Waals surface area contributed by atoms with Crippen LogP contribution < -0.4 is 14.2 Å². The molecule has 0 radical (unpaired) electrons. The predicted molar refractivity (Wildman–Crippen MR) is 61.7 cm³/mol. The molecule has 0 aliphatic carbocycles. The van der Waals surface area contributed by atoms with Crippen molar-refractivity contribution in [3.05, 3.63) is 16.1 Å². The van der Waals surface area contributed by atoms with Crippen molar-refractivity contribution < 1.29 is 19.0 Å². The smallest absolute Gasteiger partial charge is 0.205 e. The Morgan fingerprint density at radius 2 is 2.00 bits per heavy atom. The first-order valence-corrected chi connectivity index (χ1v) is 5.61. The molecule has 0 saturated heterocycles. The Morgan fingerprint density at radius 3 is 2.56 bits per heavy atom. The molecule has 0 unspecified atom stereocenters. The van der Waals surface area contributed by atoms with Crippen molar-refractivity contribution in [2.45, 2.75) is 6.92 Å². The molecule has 1 heterocycles. The summed E-state index contributed by atoms with van der Waals surface area (Å²) in [6, 6.07) is 1.69. The van der Waals surface area contributed by atoms with E-state index >= 15 is 0 Å². The van der Waals surface area contributed by atoms with Gasteiger partial charge in [0.1, 0.15) is 13.2 Å². The van der Waals surface area contributed by atoms with Crippen LogP contribution in [0.3, 0.4) is 0 Å². The summed E-state index contributed by atoms with van der Waals surface area (Å²) in [6.07, 6.45) is 0. The number of hydrogen-bond acceptors (Lipinski definition) is 4. The van der Waals surface area contributed by atoms with E-state index in [1.165, 1.54) is 14.0 Å². The summed E-state index contributed by atoms with van der Waals surface area (Å²) in [7, 11) is 1.51. The number of Topliss-reactive ketones (excluding diaryl/α,β-unsaturated/α-hetero) is 1. The van der Waals surface area contributed by atoms with Crippen molar-refractivity contribution >= 4 is 21.7 Å². The second kappa shape index (κ2) is 4.33. The maximum absolute atomic E-state index is 11.5. The highest BCUT2D eigenvalue weighted by Gasteiger charge is 2.25. The quantitative estimate of drug-likeness (QED) is 0.784. The van der Waals surface area contributed by atoms with Gasteiger partial charge in [0.15, 0.2) is 17.3 Å². The molecule has 1 aliphatic heterocycles. The van der Waals surface area contributed by atoms with Crippen LogP contribution in [-0.2, 0) is 0 Å². The lowest BCUT2D eigenvalue weighted by atomic mass is 10.1. The van der Waals surface area contributed by atoms with Crippen LogP contribution in [-0.4, -0.2) is 26.1 Å². The number of fused-ring (bicyclic) bond motifs is 1. The van der Waals surface area contributed by atoms with Gasteiger partial charge in [0.25, 0.3) is 0 Å². The molecular weight excluding hydrogens is 276 g/mol. The van der Waals surface area contributed by atoms with Crippen LogP contribution in [0.15, 0.2) is 10.5 Å². The summed E-state index contributed by atoms with van der Waals surface area (Å²) in [5.41, 5.74) is 0.485. The standard InChI is InChI=1S/C11H11BrO4/c1-6(13)7-5-8(12)10-11(9(7)14-2)16-4-3-15-10/h5H,3-4H2,1-2H3. The highest BCUT2D eigenvalue weighted by Crippen LogP contribution is 2.46. The van der Waals surface area contributed by atoms with Crippen LogP contribution in [0.2, 0.25) is 0 Å². The molecule has 1 aromatic rings. The van der Waals surface area contributed by atoms with Crippen molar-refractivity contribution in [2.24, 2.45) is 0 Å². The molecule has 0 aromatic heterocycles. The predicted octanol–water partition coefficient (Wildman–Crippen LogP) is 2.43. The second-order valence-corrected chi connectivity index (χ2v) is 4.20. The van der Waals surface area contributed by atoms with Crippen LogP contribution in [0.4, 0.5) is 0 Å². The van der Waals surface area contributed by atoms with Crippen molar-refractivity contribution in [3.63, 3.8) is 0 Å². The normalized spacial score (nSPS) is 13.4. The lowest BCUT2D eigenvalue weighted by molar-refractivity contribution is 0.101. The van der Waals surface area contributed by atoms with Crippen LogP contribution in [0.1, 0.15) is 17.3 Å². The Labute approximate surface area is 102 Å². The Bertz CT molecular complexity index is 442. The summed E-state index contributed by atoms with van der Waals surface area (Å²) in [4.78, 5) is 11.5. The van der Waals surface area contributed by atoms with Gasteiger partial charge in [-0.2, -0.15) is 0 Å². The van der Waals surface area contributed by atoms with Gasteiger partial charge in [-0.15, -0.1) is 0 Å². The highest BCUT2D eigenvalue weighted by molar-refractivity contribution is 9.10. The van der Waals surface area contributed by atoms with Crippen LogP contribution in [0, 0.1) is 0 Å². The van der Waals surface area contributed by atoms with E-state index in [-0.39, 0.29) is 5.78 Å². The van der Waals surface area contributed by atoms with Gasteiger partial charge in [0.05, 0.1) is 17.1 Å². The van der Waals surface area contributed by atoms with E-state index in [9.17, 15) is 4.79 Å². The van der Waals surface area contributed by atoms with Gasteiger partial charge in [0, 0.05) is 0 Å². The second-order valence-electron chi connectivity index (χ2n) is 3.35. The van der Waals surface area contributed by atoms with Crippen LogP contribution in [0.5, 0.6) is 17.2 Å². The van der Waals surface area contributed by atoms with Gasteiger partial charge < -0.3 is 14.2 Å². The molecule has 0 N–H and O–H groups in total. The lowest BCUT2D eigenvalue weighted by Gasteiger charge is -2.22. The van der Waals surface area contributed by atoms with E-state index in [2.05, 4.69) is 15.9 Å². The zero-order valence-corrected chi connectivity index (χ0v) is 10.6.